The summed E-state index contributed by atoms with van der Waals surface area (Å²) < 4.78 is 1.11. The molecule has 50 valence electrons. The summed E-state index contributed by atoms with van der Waals surface area (Å²) in [6.45, 7) is 3.76. The third-order valence-corrected chi connectivity index (χ3v) is 1.30. The van der Waals surface area contributed by atoms with Crippen molar-refractivity contribution in [3.63, 3.8) is 0 Å². The van der Waals surface area contributed by atoms with Crippen LogP contribution >= 0.6 is 0 Å². The topological polar surface area (TPSA) is 38.0 Å². The maximum absolute atomic E-state index is 9.09. The number of aromatic nitrogens is 2. The predicted molar refractivity (Wildman–Crippen MR) is 33.5 cm³/mol. The molecule has 1 heterocycles. The monoisotopic (exact) mass is 126 g/mol. The molecule has 0 amide bonds. The maximum atomic E-state index is 9.09. The van der Waals surface area contributed by atoms with E-state index >= 15 is 0 Å². The molecule has 3 heteroatoms. The van der Waals surface area contributed by atoms with E-state index in [2.05, 4.69) is 4.98 Å². The SMILES string of the molecule is CCc1ncc(C)n1O. The van der Waals surface area contributed by atoms with Gasteiger partial charge in [0.25, 0.3) is 0 Å². The lowest BCUT2D eigenvalue weighted by Crippen LogP contribution is -1.98. The number of hydrogen-bond acceptors (Lipinski definition) is 2. The van der Waals surface area contributed by atoms with Gasteiger partial charge in [0.1, 0.15) is 5.82 Å². The third kappa shape index (κ3) is 0.896. The zero-order valence-corrected chi connectivity index (χ0v) is 5.63. The molecule has 0 aromatic carbocycles. The largest absolute Gasteiger partial charge is 0.427 e. The smallest absolute Gasteiger partial charge is 0.144 e. The molecule has 0 aliphatic carbocycles. The van der Waals surface area contributed by atoms with Crippen LogP contribution in [0.25, 0.3) is 0 Å². The van der Waals surface area contributed by atoms with Crippen LogP contribution in [0, 0.1) is 6.92 Å². The summed E-state index contributed by atoms with van der Waals surface area (Å²) in [5, 5.41) is 9.09. The van der Waals surface area contributed by atoms with E-state index in [0.29, 0.717) is 5.82 Å². The molecule has 0 unspecified atom stereocenters. The second-order valence-electron chi connectivity index (χ2n) is 1.98. The van der Waals surface area contributed by atoms with Gasteiger partial charge in [-0.15, -0.1) is 0 Å². The molecular formula is C6H10N2O. The molecule has 1 rings (SSSR count). The molecule has 0 radical (unpaired) electrons. The molecule has 0 spiro atoms. The van der Waals surface area contributed by atoms with E-state index in [9.17, 15) is 0 Å². The van der Waals surface area contributed by atoms with Crippen molar-refractivity contribution >= 4 is 0 Å². The highest BCUT2D eigenvalue weighted by Crippen LogP contribution is 1.99. The Morgan fingerprint density at radius 3 is 2.67 bits per heavy atom. The lowest BCUT2D eigenvalue weighted by molar-refractivity contribution is 0.170. The molecular weight excluding hydrogens is 116 g/mol. The van der Waals surface area contributed by atoms with Crippen LogP contribution in [0.1, 0.15) is 18.4 Å². The van der Waals surface area contributed by atoms with Crippen LogP contribution in [-0.2, 0) is 6.42 Å². The van der Waals surface area contributed by atoms with Crippen LogP contribution < -0.4 is 0 Å². The van der Waals surface area contributed by atoms with Gasteiger partial charge in [-0.25, -0.2) is 4.98 Å². The molecule has 9 heavy (non-hydrogen) atoms. The van der Waals surface area contributed by atoms with Gasteiger partial charge < -0.3 is 5.21 Å². The van der Waals surface area contributed by atoms with Crippen LogP contribution in [0.5, 0.6) is 0 Å². The van der Waals surface area contributed by atoms with Crippen molar-refractivity contribution < 1.29 is 5.21 Å². The molecule has 3 nitrogen and oxygen atoms in total. The van der Waals surface area contributed by atoms with E-state index in [1.165, 1.54) is 0 Å². The number of aryl methyl sites for hydroxylation is 2. The van der Waals surface area contributed by atoms with Crippen LogP contribution in [0.4, 0.5) is 0 Å². The van der Waals surface area contributed by atoms with Crippen molar-refractivity contribution in [3.8, 4) is 0 Å². The number of nitrogens with zero attached hydrogens (tertiary/aromatic N) is 2. The van der Waals surface area contributed by atoms with Crippen LogP contribution in [0.3, 0.4) is 0 Å². The molecule has 0 atom stereocenters. The Balaban J connectivity index is 3.04. The van der Waals surface area contributed by atoms with Crippen molar-refractivity contribution in [2.45, 2.75) is 20.3 Å². The molecule has 0 aliphatic heterocycles. The summed E-state index contributed by atoms with van der Waals surface area (Å²) in [5.74, 6) is 0.715. The Hall–Kier alpha value is -0.990. The Kier molecular flexibility index (Phi) is 1.42. The van der Waals surface area contributed by atoms with Gasteiger partial charge >= 0.3 is 0 Å². The van der Waals surface area contributed by atoms with Gasteiger partial charge in [-0.05, 0) is 6.92 Å². The van der Waals surface area contributed by atoms with Gasteiger partial charge in [-0.3, -0.25) is 0 Å². The van der Waals surface area contributed by atoms with Crippen molar-refractivity contribution in [1.29, 1.82) is 0 Å². The summed E-state index contributed by atoms with van der Waals surface area (Å²) >= 11 is 0. The highest BCUT2D eigenvalue weighted by atomic mass is 16.5. The van der Waals surface area contributed by atoms with E-state index in [-0.39, 0.29) is 0 Å². The fourth-order valence-electron chi connectivity index (χ4n) is 0.722. The fourth-order valence-corrected chi connectivity index (χ4v) is 0.722. The molecule has 1 aromatic rings. The van der Waals surface area contributed by atoms with E-state index in [1.807, 2.05) is 13.8 Å². The van der Waals surface area contributed by atoms with Gasteiger partial charge in [0, 0.05) is 6.42 Å². The molecule has 0 bridgehead atoms. The maximum Gasteiger partial charge on any atom is 0.144 e. The number of hydrogen-bond donors (Lipinski definition) is 1. The third-order valence-electron chi connectivity index (χ3n) is 1.30. The first-order chi connectivity index (χ1) is 4.25. The molecule has 0 saturated carbocycles. The lowest BCUT2D eigenvalue weighted by atomic mass is 10.5. The van der Waals surface area contributed by atoms with Crippen LogP contribution in [0.15, 0.2) is 6.20 Å². The van der Waals surface area contributed by atoms with E-state index in [0.717, 1.165) is 16.8 Å². The van der Waals surface area contributed by atoms with E-state index < -0.39 is 0 Å². The Morgan fingerprint density at radius 1 is 1.78 bits per heavy atom. The molecule has 0 fully saturated rings. The van der Waals surface area contributed by atoms with Gasteiger partial charge in [-0.2, -0.15) is 4.73 Å². The normalized spacial score (nSPS) is 10.0. The summed E-state index contributed by atoms with van der Waals surface area (Å²) in [6, 6.07) is 0. The summed E-state index contributed by atoms with van der Waals surface area (Å²) in [7, 11) is 0. The minimum absolute atomic E-state index is 0.715. The summed E-state index contributed by atoms with van der Waals surface area (Å²) in [4.78, 5) is 3.95. The van der Waals surface area contributed by atoms with Gasteiger partial charge in [-0.1, -0.05) is 6.92 Å². The summed E-state index contributed by atoms with van der Waals surface area (Å²) in [6.07, 6.45) is 2.42. The highest BCUT2D eigenvalue weighted by Gasteiger charge is 2.00. The van der Waals surface area contributed by atoms with Crippen molar-refractivity contribution in [3.05, 3.63) is 17.7 Å². The van der Waals surface area contributed by atoms with E-state index in [1.54, 1.807) is 6.20 Å². The Morgan fingerprint density at radius 2 is 2.44 bits per heavy atom. The number of imidazole rings is 1. The molecule has 1 N–H and O–H groups in total. The van der Waals surface area contributed by atoms with Gasteiger partial charge in [0.15, 0.2) is 0 Å². The molecule has 0 aliphatic rings. The van der Waals surface area contributed by atoms with Gasteiger partial charge in [0.2, 0.25) is 0 Å². The second-order valence-corrected chi connectivity index (χ2v) is 1.98. The highest BCUT2D eigenvalue weighted by molar-refractivity contribution is 4.99. The second kappa shape index (κ2) is 2.09. The first-order valence-electron chi connectivity index (χ1n) is 2.98. The summed E-state index contributed by atoms with van der Waals surface area (Å²) in [5.41, 5.74) is 0.784. The quantitative estimate of drug-likeness (QED) is 0.570. The fraction of sp³-hybridized carbons (Fsp3) is 0.500. The van der Waals surface area contributed by atoms with Crippen molar-refractivity contribution in [2.75, 3.05) is 0 Å². The van der Waals surface area contributed by atoms with Crippen LogP contribution in [0.2, 0.25) is 0 Å². The number of rotatable bonds is 1. The van der Waals surface area contributed by atoms with E-state index in [4.69, 9.17) is 5.21 Å². The average Bonchev–Trinajstić information content (AvgIpc) is 2.15. The minimum atomic E-state index is 0.715. The van der Waals surface area contributed by atoms with Crippen LogP contribution in [-0.4, -0.2) is 14.9 Å². The zero-order chi connectivity index (χ0) is 6.85. The average molecular weight is 126 g/mol. The molecule has 1 aromatic heterocycles. The predicted octanol–water partition coefficient (Wildman–Crippen LogP) is 0.991. The minimum Gasteiger partial charge on any atom is -0.427 e. The lowest BCUT2D eigenvalue weighted by Gasteiger charge is -1.95. The first kappa shape index (κ1) is 6.13. The van der Waals surface area contributed by atoms with Gasteiger partial charge in [0.05, 0.1) is 11.9 Å². The first-order valence-corrected chi connectivity index (χ1v) is 2.98. The zero-order valence-electron chi connectivity index (χ0n) is 5.63. The standard InChI is InChI=1S/C6H10N2O/c1-3-6-7-4-5(2)8(6)9/h4,9H,3H2,1-2H3. The van der Waals surface area contributed by atoms with Crippen molar-refractivity contribution in [1.82, 2.24) is 9.71 Å². The Labute approximate surface area is 53.9 Å². The molecule has 0 saturated heterocycles. The van der Waals surface area contributed by atoms with Crippen molar-refractivity contribution in [2.24, 2.45) is 0 Å². The Bertz CT molecular complexity index is 205.